The van der Waals surface area contributed by atoms with Gasteiger partial charge >= 0.3 is 5.97 Å². The fourth-order valence-electron chi connectivity index (χ4n) is 2.45. The van der Waals surface area contributed by atoms with Crippen LogP contribution in [0.15, 0.2) is 12.2 Å². The van der Waals surface area contributed by atoms with Gasteiger partial charge in [-0.3, -0.25) is 4.79 Å². The number of carboxylic acid groups (broad SMARTS) is 1. The van der Waals surface area contributed by atoms with E-state index in [-0.39, 0.29) is 5.92 Å². The number of aliphatic carboxylic acids is 1. The molecule has 3 rings (SSSR count). The average Bonchev–Trinajstić information content (AvgIpc) is 2.19. The third-order valence-electron chi connectivity index (χ3n) is 3.26. The van der Waals surface area contributed by atoms with Crippen molar-refractivity contribution in [1.82, 2.24) is 0 Å². The highest BCUT2D eigenvalue weighted by Gasteiger charge is 2.51. The van der Waals surface area contributed by atoms with Crippen LogP contribution in [0.3, 0.4) is 0 Å². The highest BCUT2D eigenvalue weighted by Crippen LogP contribution is 2.48. The molecular weight excluding hydrogens is 166 g/mol. The van der Waals surface area contributed by atoms with E-state index in [9.17, 15) is 4.79 Å². The monoisotopic (exact) mass is 177 g/mol. The van der Waals surface area contributed by atoms with Crippen LogP contribution >= 0.6 is 0 Å². The lowest BCUT2D eigenvalue weighted by atomic mass is 9.60. The van der Waals surface area contributed by atoms with Gasteiger partial charge in [0.05, 0.1) is 6.07 Å². The molecule has 3 nitrogen and oxygen atoms in total. The molecule has 0 radical (unpaired) electrons. The van der Waals surface area contributed by atoms with Crippen LogP contribution in [0.25, 0.3) is 0 Å². The Morgan fingerprint density at radius 1 is 1.54 bits per heavy atom. The van der Waals surface area contributed by atoms with E-state index in [2.05, 4.69) is 6.08 Å². The maximum absolute atomic E-state index is 11.0. The summed E-state index contributed by atoms with van der Waals surface area (Å²) in [4.78, 5) is 11.0. The first-order valence-electron chi connectivity index (χ1n) is 4.52. The van der Waals surface area contributed by atoms with E-state index in [0.717, 1.165) is 12.8 Å². The van der Waals surface area contributed by atoms with E-state index in [4.69, 9.17) is 10.4 Å². The second-order valence-corrected chi connectivity index (χ2v) is 3.92. The van der Waals surface area contributed by atoms with E-state index in [1.807, 2.05) is 12.1 Å². The summed E-state index contributed by atoms with van der Waals surface area (Å²) in [6.45, 7) is 0. The summed E-state index contributed by atoms with van der Waals surface area (Å²) < 4.78 is 0. The second kappa shape index (κ2) is 2.59. The second-order valence-electron chi connectivity index (χ2n) is 3.92. The highest BCUT2D eigenvalue weighted by atomic mass is 16.4. The smallest absolute Gasteiger partial charge is 0.324 e. The molecule has 0 aromatic carbocycles. The molecule has 3 heteroatoms. The average molecular weight is 177 g/mol. The van der Waals surface area contributed by atoms with Crippen LogP contribution < -0.4 is 0 Å². The quantitative estimate of drug-likeness (QED) is 0.618. The van der Waals surface area contributed by atoms with Gasteiger partial charge in [0.25, 0.3) is 0 Å². The largest absolute Gasteiger partial charge is 0.480 e. The Morgan fingerprint density at radius 2 is 2.31 bits per heavy atom. The van der Waals surface area contributed by atoms with Crippen LogP contribution in [0.5, 0.6) is 0 Å². The summed E-state index contributed by atoms with van der Waals surface area (Å²) in [5, 5.41) is 18.0. The molecule has 1 N–H and O–H groups in total. The summed E-state index contributed by atoms with van der Waals surface area (Å²) in [5.41, 5.74) is -1.13. The summed E-state index contributed by atoms with van der Waals surface area (Å²) in [6.07, 6.45) is 6.36. The van der Waals surface area contributed by atoms with Gasteiger partial charge in [-0.15, -0.1) is 0 Å². The third kappa shape index (κ3) is 0.983. The molecule has 3 aliphatic carbocycles. The van der Waals surface area contributed by atoms with Gasteiger partial charge in [-0.05, 0) is 25.2 Å². The molecule has 68 valence electrons. The van der Waals surface area contributed by atoms with E-state index in [0.29, 0.717) is 12.3 Å². The van der Waals surface area contributed by atoms with Crippen molar-refractivity contribution >= 4 is 5.97 Å². The van der Waals surface area contributed by atoms with E-state index in [1.165, 1.54) is 0 Å². The minimum absolute atomic E-state index is 0.0694. The highest BCUT2D eigenvalue weighted by molar-refractivity contribution is 5.79. The zero-order valence-electron chi connectivity index (χ0n) is 7.23. The molecule has 0 saturated heterocycles. The Balaban J connectivity index is 2.40. The molecule has 3 atom stereocenters. The Hall–Kier alpha value is -1.30. The van der Waals surface area contributed by atoms with Crippen molar-refractivity contribution in [2.75, 3.05) is 0 Å². The summed E-state index contributed by atoms with van der Waals surface area (Å²) >= 11 is 0. The molecule has 0 aromatic rings. The van der Waals surface area contributed by atoms with Crippen molar-refractivity contribution in [1.29, 1.82) is 5.26 Å². The molecular formula is C10H11NO2. The first-order valence-corrected chi connectivity index (χ1v) is 4.52. The first kappa shape index (κ1) is 8.31. The molecule has 0 aromatic heterocycles. The van der Waals surface area contributed by atoms with Gasteiger partial charge in [0, 0.05) is 5.92 Å². The van der Waals surface area contributed by atoms with Crippen LogP contribution in [0.2, 0.25) is 0 Å². The van der Waals surface area contributed by atoms with Crippen LogP contribution in [0, 0.1) is 28.6 Å². The van der Waals surface area contributed by atoms with Crippen LogP contribution in [0.4, 0.5) is 0 Å². The van der Waals surface area contributed by atoms with Crippen LogP contribution in [0.1, 0.15) is 19.3 Å². The lowest BCUT2D eigenvalue weighted by molar-refractivity contribution is -0.150. The summed E-state index contributed by atoms with van der Waals surface area (Å²) in [6, 6.07) is 2.00. The SMILES string of the molecule is N#C[C@@]1(C(=O)O)C[C@@H]2C=C[C@H]1CC2. The van der Waals surface area contributed by atoms with Gasteiger partial charge in [-0.2, -0.15) is 5.26 Å². The number of nitrogens with zero attached hydrogens (tertiary/aromatic N) is 1. The van der Waals surface area contributed by atoms with Crippen molar-refractivity contribution in [3.63, 3.8) is 0 Å². The zero-order chi connectivity index (χ0) is 9.47. The maximum atomic E-state index is 11.0. The van der Waals surface area contributed by atoms with Crippen LogP contribution in [-0.2, 0) is 4.79 Å². The van der Waals surface area contributed by atoms with Crippen molar-refractivity contribution in [3.05, 3.63) is 12.2 Å². The molecule has 3 aliphatic rings. The molecule has 0 heterocycles. The molecule has 13 heavy (non-hydrogen) atoms. The minimum Gasteiger partial charge on any atom is -0.480 e. The van der Waals surface area contributed by atoms with Crippen molar-refractivity contribution < 1.29 is 9.90 Å². The number of carboxylic acids is 1. The maximum Gasteiger partial charge on any atom is 0.324 e. The van der Waals surface area contributed by atoms with Gasteiger partial charge in [-0.25, -0.2) is 0 Å². The summed E-state index contributed by atoms with van der Waals surface area (Å²) in [5.74, 6) is -0.713. The Morgan fingerprint density at radius 3 is 2.54 bits per heavy atom. The lowest BCUT2D eigenvalue weighted by Crippen LogP contribution is -2.43. The molecule has 1 fully saturated rings. The fraction of sp³-hybridized carbons (Fsp3) is 0.600. The molecule has 0 amide bonds. The predicted molar refractivity (Wildman–Crippen MR) is 45.7 cm³/mol. The fourth-order valence-corrected chi connectivity index (χ4v) is 2.45. The number of hydrogen-bond donors (Lipinski definition) is 1. The van der Waals surface area contributed by atoms with Crippen molar-refractivity contribution in [2.24, 2.45) is 17.3 Å². The van der Waals surface area contributed by atoms with E-state index in [1.54, 1.807) is 0 Å². The topological polar surface area (TPSA) is 61.1 Å². The lowest BCUT2D eigenvalue weighted by Gasteiger charge is -2.41. The van der Waals surface area contributed by atoms with E-state index < -0.39 is 11.4 Å². The zero-order valence-corrected chi connectivity index (χ0v) is 7.23. The number of nitriles is 1. The standard InChI is InChI=1S/C10H11NO2/c11-6-10(9(12)13)5-7-1-3-8(10)4-2-7/h1,3,7-8H,2,4-5H2,(H,12,13)/t7-,8+,10+/m1/s1. The molecule has 0 unspecified atom stereocenters. The van der Waals surface area contributed by atoms with Gasteiger partial charge in [0.15, 0.2) is 5.41 Å². The Bertz CT molecular complexity index is 315. The number of rotatable bonds is 1. The van der Waals surface area contributed by atoms with Gasteiger partial charge in [-0.1, -0.05) is 12.2 Å². The number of hydrogen-bond acceptors (Lipinski definition) is 2. The van der Waals surface area contributed by atoms with Crippen molar-refractivity contribution in [2.45, 2.75) is 19.3 Å². The molecule has 1 saturated carbocycles. The normalized spacial score (nSPS) is 41.5. The number of fused-ring (bicyclic) bond motifs is 2. The van der Waals surface area contributed by atoms with Gasteiger partial charge in [0.1, 0.15) is 0 Å². The van der Waals surface area contributed by atoms with Crippen molar-refractivity contribution in [3.8, 4) is 6.07 Å². The van der Waals surface area contributed by atoms with Gasteiger partial charge < -0.3 is 5.11 Å². The van der Waals surface area contributed by atoms with E-state index >= 15 is 0 Å². The number of allylic oxidation sites excluding steroid dienone is 2. The third-order valence-corrected chi connectivity index (χ3v) is 3.26. The minimum atomic E-state index is -1.13. The molecule has 2 bridgehead atoms. The summed E-state index contributed by atoms with van der Waals surface area (Å²) in [7, 11) is 0. The molecule has 0 spiro atoms. The molecule has 0 aliphatic heterocycles. The first-order chi connectivity index (χ1) is 6.19. The Kier molecular flexibility index (Phi) is 1.66. The predicted octanol–water partition coefficient (Wildman–Crippen LogP) is 1.57. The Labute approximate surface area is 76.7 Å². The number of carbonyl (C=O) groups is 1. The van der Waals surface area contributed by atoms with Gasteiger partial charge in [0.2, 0.25) is 0 Å². The van der Waals surface area contributed by atoms with Crippen LogP contribution in [-0.4, -0.2) is 11.1 Å².